The van der Waals surface area contributed by atoms with Gasteiger partial charge in [-0.3, -0.25) is 4.79 Å². The Bertz CT molecular complexity index is 1410. The minimum Gasteiger partial charge on any atom is -0.488 e. The fourth-order valence-corrected chi connectivity index (χ4v) is 5.37. The molecule has 2 aliphatic heterocycles. The fraction of sp³-hybridized carbons (Fsp3) is 0.207. The average molecular weight is 469 g/mol. The van der Waals surface area contributed by atoms with E-state index < -0.39 is 0 Å². The van der Waals surface area contributed by atoms with Crippen molar-refractivity contribution in [2.45, 2.75) is 18.9 Å². The van der Waals surface area contributed by atoms with E-state index in [1.165, 1.54) is 22.0 Å². The minimum absolute atomic E-state index is 0.0566. The number of hydrogen-bond donors (Lipinski definition) is 0. The molecular weight excluding hydrogens is 444 g/mol. The molecular formula is C29H25ClN2O2. The second-order valence-corrected chi connectivity index (χ2v) is 9.53. The maximum atomic E-state index is 13.3. The van der Waals surface area contributed by atoms with Crippen LogP contribution in [0.3, 0.4) is 0 Å². The Kier molecular flexibility index (Phi) is 5.39. The Balaban J connectivity index is 1.25. The molecule has 0 aliphatic carbocycles. The molecule has 1 fully saturated rings. The van der Waals surface area contributed by atoms with Crippen LogP contribution in [0.1, 0.15) is 29.0 Å². The van der Waals surface area contributed by atoms with Gasteiger partial charge in [0.2, 0.25) is 0 Å². The third-order valence-corrected chi connectivity index (χ3v) is 7.12. The van der Waals surface area contributed by atoms with Crippen molar-refractivity contribution in [3.05, 3.63) is 106 Å². The molecule has 0 N–H and O–H groups in total. The number of fused-ring (bicyclic) bond motifs is 2. The van der Waals surface area contributed by atoms with Crippen molar-refractivity contribution >= 4 is 34.5 Å². The zero-order chi connectivity index (χ0) is 23.1. The molecule has 1 saturated heterocycles. The molecule has 34 heavy (non-hydrogen) atoms. The molecule has 1 aromatic heterocycles. The maximum absolute atomic E-state index is 13.3. The summed E-state index contributed by atoms with van der Waals surface area (Å²) in [5, 5.41) is 1.92. The van der Waals surface area contributed by atoms with Gasteiger partial charge >= 0.3 is 0 Å². The molecule has 4 aromatic rings. The Morgan fingerprint density at radius 3 is 2.74 bits per heavy atom. The largest absolute Gasteiger partial charge is 0.488 e. The number of likely N-dealkylation sites (tertiary alicyclic amines) is 1. The van der Waals surface area contributed by atoms with Crippen LogP contribution < -0.4 is 4.74 Å². The SMILES string of the molecule is O=C(C1=Cc2cc(Cl)ccc2OC1)N1CCC(c2cn(Cc3ccccc3)c3ccccc23)C1. The first kappa shape index (κ1) is 21.1. The highest BCUT2D eigenvalue weighted by Crippen LogP contribution is 2.36. The van der Waals surface area contributed by atoms with Gasteiger partial charge in [-0.15, -0.1) is 0 Å². The molecule has 0 bridgehead atoms. The highest BCUT2D eigenvalue weighted by Gasteiger charge is 2.31. The quantitative estimate of drug-likeness (QED) is 0.361. The Morgan fingerprint density at radius 2 is 1.85 bits per heavy atom. The molecule has 0 radical (unpaired) electrons. The second-order valence-electron chi connectivity index (χ2n) is 9.09. The van der Waals surface area contributed by atoms with Crippen molar-refractivity contribution in [2.75, 3.05) is 19.7 Å². The zero-order valence-corrected chi connectivity index (χ0v) is 19.5. The van der Waals surface area contributed by atoms with Crippen molar-refractivity contribution < 1.29 is 9.53 Å². The number of halogens is 1. The number of nitrogens with zero attached hydrogens (tertiary/aromatic N) is 2. The minimum atomic E-state index is 0.0566. The van der Waals surface area contributed by atoms with Gasteiger partial charge in [0, 0.05) is 53.2 Å². The van der Waals surface area contributed by atoms with Gasteiger partial charge in [-0.2, -0.15) is 0 Å². The van der Waals surface area contributed by atoms with Crippen LogP contribution in [-0.4, -0.2) is 35.1 Å². The summed E-state index contributed by atoms with van der Waals surface area (Å²) in [5.41, 5.74) is 5.39. The van der Waals surface area contributed by atoms with E-state index in [9.17, 15) is 4.79 Å². The Morgan fingerprint density at radius 1 is 1.03 bits per heavy atom. The van der Waals surface area contributed by atoms with Crippen molar-refractivity contribution in [1.29, 1.82) is 0 Å². The number of ether oxygens (including phenoxy) is 1. The lowest BCUT2D eigenvalue weighted by Crippen LogP contribution is -2.32. The van der Waals surface area contributed by atoms with Gasteiger partial charge in [0.05, 0.1) is 5.57 Å². The lowest BCUT2D eigenvalue weighted by Gasteiger charge is -2.22. The highest BCUT2D eigenvalue weighted by atomic mass is 35.5. The number of rotatable bonds is 4. The first-order valence-corrected chi connectivity index (χ1v) is 12.1. The van der Waals surface area contributed by atoms with Gasteiger partial charge in [-0.25, -0.2) is 0 Å². The van der Waals surface area contributed by atoms with E-state index in [1.54, 1.807) is 6.07 Å². The van der Waals surface area contributed by atoms with E-state index in [1.807, 2.05) is 29.2 Å². The third-order valence-electron chi connectivity index (χ3n) is 6.89. The maximum Gasteiger partial charge on any atom is 0.253 e. The predicted molar refractivity (Wildman–Crippen MR) is 136 cm³/mol. The Hall–Kier alpha value is -3.50. The lowest BCUT2D eigenvalue weighted by atomic mass is 9.98. The molecule has 1 atom stereocenters. The number of carbonyl (C=O) groups is 1. The third kappa shape index (κ3) is 3.88. The van der Waals surface area contributed by atoms with E-state index >= 15 is 0 Å². The lowest BCUT2D eigenvalue weighted by molar-refractivity contribution is -0.126. The van der Waals surface area contributed by atoms with Gasteiger partial charge in [0.15, 0.2) is 0 Å². The zero-order valence-electron chi connectivity index (χ0n) is 18.8. The average Bonchev–Trinajstić information content (AvgIpc) is 3.49. The summed E-state index contributed by atoms with van der Waals surface area (Å²) in [7, 11) is 0. The van der Waals surface area contributed by atoms with Gasteiger partial charge < -0.3 is 14.2 Å². The molecule has 2 aliphatic rings. The van der Waals surface area contributed by atoms with Crippen LogP contribution >= 0.6 is 11.6 Å². The molecule has 3 aromatic carbocycles. The summed E-state index contributed by atoms with van der Waals surface area (Å²) in [6.45, 7) is 2.60. The van der Waals surface area contributed by atoms with Gasteiger partial charge in [-0.05, 0) is 47.9 Å². The second kappa shape index (κ2) is 8.69. The first-order valence-electron chi connectivity index (χ1n) is 11.7. The van der Waals surface area contributed by atoms with Gasteiger partial charge in [0.25, 0.3) is 5.91 Å². The van der Waals surface area contributed by atoms with E-state index in [2.05, 4.69) is 59.3 Å². The van der Waals surface area contributed by atoms with Crippen molar-refractivity contribution in [1.82, 2.24) is 9.47 Å². The number of aromatic nitrogens is 1. The first-order chi connectivity index (χ1) is 16.7. The number of amides is 1. The van der Waals surface area contributed by atoms with Crippen LogP contribution in [0.15, 0.2) is 84.6 Å². The number of hydrogen-bond acceptors (Lipinski definition) is 2. The molecule has 4 nitrogen and oxygen atoms in total. The molecule has 0 spiro atoms. The highest BCUT2D eigenvalue weighted by molar-refractivity contribution is 6.30. The summed E-state index contributed by atoms with van der Waals surface area (Å²) in [6.07, 6.45) is 5.17. The summed E-state index contributed by atoms with van der Waals surface area (Å²) >= 11 is 6.14. The molecule has 170 valence electrons. The van der Waals surface area contributed by atoms with Gasteiger partial charge in [-0.1, -0.05) is 60.1 Å². The van der Waals surface area contributed by atoms with Crippen LogP contribution in [-0.2, 0) is 11.3 Å². The molecule has 3 heterocycles. The Labute approximate surface area is 204 Å². The summed E-state index contributed by atoms with van der Waals surface area (Å²) in [6, 6.07) is 24.6. The van der Waals surface area contributed by atoms with E-state index in [-0.39, 0.29) is 5.91 Å². The molecule has 6 rings (SSSR count). The number of benzene rings is 3. The predicted octanol–water partition coefficient (Wildman–Crippen LogP) is 6.13. The smallest absolute Gasteiger partial charge is 0.253 e. The van der Waals surface area contributed by atoms with Crippen LogP contribution in [0.25, 0.3) is 17.0 Å². The van der Waals surface area contributed by atoms with Crippen LogP contribution in [0.4, 0.5) is 0 Å². The van der Waals surface area contributed by atoms with Gasteiger partial charge in [0.1, 0.15) is 12.4 Å². The summed E-state index contributed by atoms with van der Waals surface area (Å²) in [4.78, 5) is 15.3. The van der Waals surface area contributed by atoms with Crippen LogP contribution in [0.5, 0.6) is 5.75 Å². The summed E-state index contributed by atoms with van der Waals surface area (Å²) in [5.74, 6) is 1.14. The van der Waals surface area contributed by atoms with E-state index in [0.29, 0.717) is 23.1 Å². The molecule has 1 unspecified atom stereocenters. The molecule has 5 heteroatoms. The van der Waals surface area contributed by atoms with Crippen LogP contribution in [0.2, 0.25) is 5.02 Å². The van der Waals surface area contributed by atoms with Crippen molar-refractivity contribution in [3.8, 4) is 5.75 Å². The summed E-state index contributed by atoms with van der Waals surface area (Å²) < 4.78 is 8.16. The molecule has 0 saturated carbocycles. The molecule has 1 amide bonds. The topological polar surface area (TPSA) is 34.5 Å². The number of para-hydroxylation sites is 1. The standard InChI is InChI=1S/C29H25ClN2O2/c30-24-10-11-28-22(15-24)14-23(19-34-28)29(33)31-13-12-21(17-31)26-18-32(16-20-6-2-1-3-7-20)27-9-5-4-8-25(26)27/h1-11,14-15,18,21H,12-13,16-17,19H2. The van der Waals surface area contributed by atoms with Crippen LogP contribution in [0, 0.1) is 0 Å². The van der Waals surface area contributed by atoms with Crippen molar-refractivity contribution in [2.24, 2.45) is 0 Å². The fourth-order valence-electron chi connectivity index (χ4n) is 5.19. The monoisotopic (exact) mass is 468 g/mol. The normalized spacial score (nSPS) is 17.4. The van der Waals surface area contributed by atoms with E-state index in [4.69, 9.17) is 16.3 Å². The van der Waals surface area contributed by atoms with E-state index in [0.717, 1.165) is 37.4 Å². The number of carbonyl (C=O) groups excluding carboxylic acids is 1. The van der Waals surface area contributed by atoms with Crippen molar-refractivity contribution in [3.63, 3.8) is 0 Å².